The SMILES string of the molecule is CC(C)NC(=O)[C@@H](Cc1ccccc1)N(Cc1ccc(Cl)c(Cl)c1)C(=O)CN1C(=O)c2ccccc2S1(=O)=O. The molecule has 1 heterocycles. The normalized spacial score (nSPS) is 14.7. The number of amides is 3. The fourth-order valence-corrected chi connectivity index (χ4v) is 6.21. The summed E-state index contributed by atoms with van der Waals surface area (Å²) in [6.45, 7) is 2.76. The summed E-state index contributed by atoms with van der Waals surface area (Å²) in [4.78, 5) is 41.5. The van der Waals surface area contributed by atoms with Crippen LogP contribution >= 0.6 is 23.2 Å². The van der Waals surface area contributed by atoms with Crippen molar-refractivity contribution in [3.63, 3.8) is 0 Å². The van der Waals surface area contributed by atoms with E-state index in [1.54, 1.807) is 38.1 Å². The standard InChI is InChI=1S/C28H27Cl2N3O5S/c1-18(2)31-27(35)24(15-19-8-4-3-5-9-19)32(16-20-12-13-22(29)23(30)14-20)26(34)17-33-28(36)21-10-6-7-11-25(21)39(33,37)38/h3-14,18,24H,15-17H2,1-2H3,(H,31,35)/t24-/m1/s1. The van der Waals surface area contributed by atoms with Crippen molar-refractivity contribution in [1.82, 2.24) is 14.5 Å². The molecule has 8 nitrogen and oxygen atoms in total. The molecular formula is C28H27Cl2N3O5S. The largest absolute Gasteiger partial charge is 0.352 e. The molecular weight excluding hydrogens is 561 g/mol. The molecule has 0 saturated heterocycles. The van der Waals surface area contributed by atoms with Crippen molar-refractivity contribution in [2.75, 3.05) is 6.54 Å². The summed E-state index contributed by atoms with van der Waals surface area (Å²) in [7, 11) is -4.24. The molecule has 1 N–H and O–H groups in total. The van der Waals surface area contributed by atoms with Gasteiger partial charge >= 0.3 is 0 Å². The van der Waals surface area contributed by atoms with Crippen molar-refractivity contribution in [1.29, 1.82) is 0 Å². The Bertz CT molecular complexity index is 1510. The fraction of sp³-hybridized carbons (Fsp3) is 0.250. The lowest BCUT2D eigenvalue weighted by atomic mass is 10.0. The summed E-state index contributed by atoms with van der Waals surface area (Å²) in [5.74, 6) is -1.92. The number of carbonyl (C=O) groups is 3. The molecule has 3 aromatic carbocycles. The molecule has 11 heteroatoms. The Morgan fingerprint density at radius 2 is 1.59 bits per heavy atom. The second-order valence-corrected chi connectivity index (χ2v) is 12.1. The van der Waals surface area contributed by atoms with E-state index in [9.17, 15) is 22.8 Å². The number of hydrogen-bond acceptors (Lipinski definition) is 5. The molecule has 0 aromatic heterocycles. The first-order chi connectivity index (χ1) is 18.5. The molecule has 4 rings (SSSR count). The first-order valence-corrected chi connectivity index (χ1v) is 14.4. The van der Waals surface area contributed by atoms with E-state index in [4.69, 9.17) is 23.2 Å². The number of halogens is 2. The number of rotatable bonds is 9. The lowest BCUT2D eigenvalue weighted by Gasteiger charge is -2.33. The summed E-state index contributed by atoms with van der Waals surface area (Å²) in [6.07, 6.45) is 0.160. The number of nitrogens with one attached hydrogen (secondary N) is 1. The third kappa shape index (κ3) is 6.27. The van der Waals surface area contributed by atoms with E-state index in [2.05, 4.69) is 5.32 Å². The predicted molar refractivity (Wildman–Crippen MR) is 149 cm³/mol. The molecule has 0 bridgehead atoms. The maximum atomic E-state index is 13.9. The quantitative estimate of drug-likeness (QED) is 0.402. The van der Waals surface area contributed by atoms with Crippen LogP contribution < -0.4 is 5.32 Å². The van der Waals surface area contributed by atoms with Gasteiger partial charge in [0, 0.05) is 19.0 Å². The average molecular weight is 589 g/mol. The monoisotopic (exact) mass is 587 g/mol. The zero-order valence-electron chi connectivity index (χ0n) is 21.3. The maximum absolute atomic E-state index is 13.9. The zero-order chi connectivity index (χ0) is 28.3. The van der Waals surface area contributed by atoms with Gasteiger partial charge in [-0.2, -0.15) is 0 Å². The molecule has 0 saturated carbocycles. The lowest BCUT2D eigenvalue weighted by molar-refractivity contribution is -0.141. The van der Waals surface area contributed by atoms with Crippen LogP contribution in [0.15, 0.2) is 77.7 Å². The summed E-state index contributed by atoms with van der Waals surface area (Å²) < 4.78 is 26.9. The summed E-state index contributed by atoms with van der Waals surface area (Å²) in [5, 5.41) is 3.45. The van der Waals surface area contributed by atoms with Crippen LogP contribution in [0.25, 0.3) is 0 Å². The number of nitrogens with zero attached hydrogens (tertiary/aromatic N) is 2. The molecule has 0 unspecified atom stereocenters. The Hall–Kier alpha value is -3.40. The topological polar surface area (TPSA) is 104 Å². The van der Waals surface area contributed by atoms with E-state index in [1.165, 1.54) is 23.1 Å². The van der Waals surface area contributed by atoms with Crippen LogP contribution in [0, 0.1) is 0 Å². The number of carbonyl (C=O) groups excluding carboxylic acids is 3. The smallest absolute Gasteiger partial charge is 0.269 e. The highest BCUT2D eigenvalue weighted by Gasteiger charge is 2.43. The van der Waals surface area contributed by atoms with Gasteiger partial charge in [0.25, 0.3) is 15.9 Å². The van der Waals surface area contributed by atoms with Crippen LogP contribution in [-0.4, -0.2) is 54.0 Å². The van der Waals surface area contributed by atoms with Crippen LogP contribution in [0.2, 0.25) is 10.0 Å². The van der Waals surface area contributed by atoms with Gasteiger partial charge in [-0.3, -0.25) is 14.4 Å². The average Bonchev–Trinajstić information content (AvgIpc) is 3.09. The molecule has 1 atom stereocenters. The van der Waals surface area contributed by atoms with Crippen molar-refractivity contribution in [2.45, 2.75) is 43.8 Å². The second kappa shape index (κ2) is 11.8. The molecule has 3 amide bonds. The van der Waals surface area contributed by atoms with Crippen molar-refractivity contribution in [3.8, 4) is 0 Å². The van der Waals surface area contributed by atoms with Crippen LogP contribution in [0.4, 0.5) is 0 Å². The van der Waals surface area contributed by atoms with Gasteiger partial charge in [0.1, 0.15) is 17.5 Å². The number of sulfonamides is 1. The van der Waals surface area contributed by atoms with Gasteiger partial charge < -0.3 is 10.2 Å². The van der Waals surface area contributed by atoms with Gasteiger partial charge in [-0.25, -0.2) is 12.7 Å². The van der Waals surface area contributed by atoms with Crippen LogP contribution in [-0.2, 0) is 32.6 Å². The molecule has 1 aliphatic rings. The number of hydrogen-bond donors (Lipinski definition) is 1. The highest BCUT2D eigenvalue weighted by atomic mass is 35.5. The molecule has 0 fully saturated rings. The Morgan fingerprint density at radius 1 is 0.923 bits per heavy atom. The minimum Gasteiger partial charge on any atom is -0.352 e. The van der Waals surface area contributed by atoms with Gasteiger partial charge in [-0.15, -0.1) is 0 Å². The highest BCUT2D eigenvalue weighted by molar-refractivity contribution is 7.90. The van der Waals surface area contributed by atoms with Crippen LogP contribution in [0.5, 0.6) is 0 Å². The second-order valence-electron chi connectivity index (χ2n) is 9.45. The van der Waals surface area contributed by atoms with Crippen LogP contribution in [0.3, 0.4) is 0 Å². The first kappa shape index (κ1) is 28.6. The molecule has 3 aromatic rings. The van der Waals surface area contributed by atoms with Gasteiger partial charge in [-0.05, 0) is 49.2 Å². The summed E-state index contributed by atoms with van der Waals surface area (Å²) >= 11 is 12.3. The van der Waals surface area contributed by atoms with Crippen molar-refractivity contribution in [2.24, 2.45) is 0 Å². The van der Waals surface area contributed by atoms with Gasteiger partial charge in [0.2, 0.25) is 11.8 Å². The Labute approximate surface area is 237 Å². The van der Waals surface area contributed by atoms with Crippen molar-refractivity contribution >= 4 is 50.9 Å². The van der Waals surface area contributed by atoms with Gasteiger partial charge in [0.15, 0.2) is 0 Å². The molecule has 0 aliphatic carbocycles. The van der Waals surface area contributed by atoms with Crippen molar-refractivity contribution < 1.29 is 22.8 Å². The van der Waals surface area contributed by atoms with E-state index in [0.29, 0.717) is 14.9 Å². The zero-order valence-corrected chi connectivity index (χ0v) is 23.6. The van der Waals surface area contributed by atoms with E-state index in [0.717, 1.165) is 5.56 Å². The Balaban J connectivity index is 1.73. The molecule has 0 radical (unpaired) electrons. The third-order valence-electron chi connectivity index (χ3n) is 6.23. The number of fused-ring (bicyclic) bond motifs is 1. The molecule has 1 aliphatic heterocycles. The van der Waals surface area contributed by atoms with E-state index < -0.39 is 40.3 Å². The maximum Gasteiger partial charge on any atom is 0.269 e. The lowest BCUT2D eigenvalue weighted by Crippen LogP contribution is -2.54. The highest BCUT2D eigenvalue weighted by Crippen LogP contribution is 2.30. The Kier molecular flexibility index (Phi) is 8.64. The molecule has 204 valence electrons. The number of benzene rings is 3. The fourth-order valence-electron chi connectivity index (χ4n) is 4.37. The molecule has 39 heavy (non-hydrogen) atoms. The molecule has 0 spiro atoms. The summed E-state index contributed by atoms with van der Waals surface area (Å²) in [6, 6.07) is 18.6. The van der Waals surface area contributed by atoms with E-state index in [-0.39, 0.29) is 34.5 Å². The Morgan fingerprint density at radius 3 is 2.23 bits per heavy atom. The van der Waals surface area contributed by atoms with Gasteiger partial charge in [0.05, 0.1) is 15.6 Å². The predicted octanol–water partition coefficient (Wildman–Crippen LogP) is 4.30. The summed E-state index contributed by atoms with van der Waals surface area (Å²) in [5.41, 5.74) is 1.37. The van der Waals surface area contributed by atoms with E-state index >= 15 is 0 Å². The van der Waals surface area contributed by atoms with E-state index in [1.807, 2.05) is 30.3 Å². The van der Waals surface area contributed by atoms with Crippen molar-refractivity contribution in [3.05, 3.63) is 99.5 Å². The third-order valence-corrected chi connectivity index (χ3v) is 8.76. The van der Waals surface area contributed by atoms with Gasteiger partial charge in [-0.1, -0.05) is 71.7 Å². The first-order valence-electron chi connectivity index (χ1n) is 12.2. The minimum atomic E-state index is -4.24. The minimum absolute atomic E-state index is 0.000260. The van der Waals surface area contributed by atoms with Crippen LogP contribution in [0.1, 0.15) is 35.3 Å².